The first kappa shape index (κ1) is 11.0. The van der Waals surface area contributed by atoms with Gasteiger partial charge in [0, 0.05) is 12.0 Å². The minimum atomic E-state index is -0.210. The van der Waals surface area contributed by atoms with Crippen molar-refractivity contribution in [3.8, 4) is 5.75 Å². The van der Waals surface area contributed by atoms with Crippen LogP contribution in [-0.2, 0) is 22.4 Å². The van der Waals surface area contributed by atoms with Crippen molar-refractivity contribution >= 4 is 5.97 Å². The Balaban J connectivity index is 2.30. The van der Waals surface area contributed by atoms with Crippen molar-refractivity contribution in [1.29, 1.82) is 0 Å². The van der Waals surface area contributed by atoms with Crippen LogP contribution in [0.25, 0.3) is 0 Å². The molecule has 0 amide bonds. The fraction of sp³-hybridized carbons (Fsp3) is 0.462. The maximum Gasteiger partial charge on any atom is 0.309 e. The van der Waals surface area contributed by atoms with Crippen molar-refractivity contribution in [2.45, 2.75) is 32.3 Å². The van der Waals surface area contributed by atoms with Gasteiger partial charge in [-0.25, -0.2) is 0 Å². The van der Waals surface area contributed by atoms with Crippen molar-refractivity contribution in [3.05, 3.63) is 29.3 Å². The van der Waals surface area contributed by atoms with Crippen LogP contribution < -0.4 is 4.74 Å². The Bertz CT molecular complexity index is 421. The van der Waals surface area contributed by atoms with Crippen molar-refractivity contribution in [1.82, 2.24) is 0 Å². The second kappa shape index (κ2) is 3.81. The molecule has 1 aromatic rings. The summed E-state index contributed by atoms with van der Waals surface area (Å²) < 4.78 is 10.5. The highest BCUT2D eigenvalue weighted by Crippen LogP contribution is 2.36. The van der Waals surface area contributed by atoms with Gasteiger partial charge in [-0.15, -0.1) is 0 Å². The molecule has 3 nitrogen and oxygen atoms in total. The van der Waals surface area contributed by atoms with E-state index in [9.17, 15) is 4.79 Å². The van der Waals surface area contributed by atoms with Crippen molar-refractivity contribution in [2.75, 3.05) is 7.11 Å². The SMILES string of the molecule is COC(=O)Cc1cccc2c1CC(C)(C)O2. The van der Waals surface area contributed by atoms with Crippen LogP contribution in [-0.4, -0.2) is 18.7 Å². The summed E-state index contributed by atoms with van der Waals surface area (Å²) in [5, 5.41) is 0. The largest absolute Gasteiger partial charge is 0.487 e. The smallest absolute Gasteiger partial charge is 0.309 e. The fourth-order valence-corrected chi connectivity index (χ4v) is 2.06. The zero-order valence-corrected chi connectivity index (χ0v) is 9.87. The van der Waals surface area contributed by atoms with Gasteiger partial charge in [0.1, 0.15) is 11.4 Å². The van der Waals surface area contributed by atoms with Crippen LogP contribution in [0.3, 0.4) is 0 Å². The van der Waals surface area contributed by atoms with E-state index in [1.807, 2.05) is 18.2 Å². The number of carbonyl (C=O) groups is 1. The number of rotatable bonds is 2. The highest BCUT2D eigenvalue weighted by molar-refractivity contribution is 5.73. The number of fused-ring (bicyclic) bond motifs is 1. The van der Waals surface area contributed by atoms with E-state index in [0.717, 1.165) is 23.3 Å². The van der Waals surface area contributed by atoms with Crippen molar-refractivity contribution in [2.24, 2.45) is 0 Å². The zero-order valence-electron chi connectivity index (χ0n) is 9.87. The van der Waals surface area contributed by atoms with E-state index in [4.69, 9.17) is 4.74 Å². The van der Waals surface area contributed by atoms with Crippen LogP contribution in [0, 0.1) is 0 Å². The summed E-state index contributed by atoms with van der Waals surface area (Å²) >= 11 is 0. The van der Waals surface area contributed by atoms with Crippen LogP contribution in [0.1, 0.15) is 25.0 Å². The molecular formula is C13H16O3. The lowest BCUT2D eigenvalue weighted by Crippen LogP contribution is -2.24. The Morgan fingerprint density at radius 1 is 1.50 bits per heavy atom. The standard InChI is InChI=1S/C13H16O3/c1-13(2)8-10-9(7-12(14)15-3)5-4-6-11(10)16-13/h4-6H,7-8H2,1-3H3. The number of benzene rings is 1. The van der Waals surface area contributed by atoms with Gasteiger partial charge in [-0.3, -0.25) is 4.79 Å². The first-order valence-electron chi connectivity index (χ1n) is 5.38. The molecule has 1 heterocycles. The van der Waals surface area contributed by atoms with Gasteiger partial charge in [-0.1, -0.05) is 12.1 Å². The molecule has 1 aromatic carbocycles. The van der Waals surface area contributed by atoms with Gasteiger partial charge in [0.2, 0.25) is 0 Å². The summed E-state index contributed by atoms with van der Waals surface area (Å²) in [7, 11) is 1.41. The normalized spacial score (nSPS) is 16.4. The predicted octanol–water partition coefficient (Wildman–Crippen LogP) is 2.12. The molecule has 0 saturated carbocycles. The molecule has 0 saturated heterocycles. The second-order valence-electron chi connectivity index (χ2n) is 4.69. The first-order valence-corrected chi connectivity index (χ1v) is 5.38. The molecule has 1 aliphatic heterocycles. The number of esters is 1. The lowest BCUT2D eigenvalue weighted by molar-refractivity contribution is -0.139. The van der Waals surface area contributed by atoms with E-state index in [1.54, 1.807) is 0 Å². The average molecular weight is 220 g/mol. The zero-order chi connectivity index (χ0) is 11.8. The Labute approximate surface area is 95.4 Å². The summed E-state index contributed by atoms with van der Waals surface area (Å²) in [6, 6.07) is 5.82. The monoisotopic (exact) mass is 220 g/mol. The molecule has 86 valence electrons. The lowest BCUT2D eigenvalue weighted by Gasteiger charge is -2.16. The first-order chi connectivity index (χ1) is 7.52. The van der Waals surface area contributed by atoms with E-state index in [2.05, 4.69) is 18.6 Å². The summed E-state index contributed by atoms with van der Waals surface area (Å²) in [6.07, 6.45) is 1.16. The molecule has 0 unspecified atom stereocenters. The molecule has 0 aromatic heterocycles. The second-order valence-corrected chi connectivity index (χ2v) is 4.69. The van der Waals surface area contributed by atoms with Crippen LogP contribution in [0.15, 0.2) is 18.2 Å². The Hall–Kier alpha value is -1.51. The van der Waals surface area contributed by atoms with E-state index >= 15 is 0 Å². The predicted molar refractivity (Wildman–Crippen MR) is 60.6 cm³/mol. The molecule has 0 aliphatic carbocycles. The number of hydrogen-bond donors (Lipinski definition) is 0. The van der Waals surface area contributed by atoms with Crippen LogP contribution in [0.5, 0.6) is 5.75 Å². The van der Waals surface area contributed by atoms with Gasteiger partial charge in [-0.2, -0.15) is 0 Å². The minimum absolute atomic E-state index is 0.172. The van der Waals surface area contributed by atoms with Gasteiger partial charge in [-0.05, 0) is 25.5 Å². The summed E-state index contributed by atoms with van der Waals surface area (Å²) in [4.78, 5) is 11.3. The third kappa shape index (κ3) is 2.03. The molecular weight excluding hydrogens is 204 g/mol. The van der Waals surface area contributed by atoms with E-state index < -0.39 is 0 Å². The third-order valence-corrected chi connectivity index (χ3v) is 2.78. The maximum atomic E-state index is 11.3. The highest BCUT2D eigenvalue weighted by atomic mass is 16.5. The van der Waals surface area contributed by atoms with Gasteiger partial charge < -0.3 is 9.47 Å². The summed E-state index contributed by atoms with van der Waals surface area (Å²) in [6.45, 7) is 4.10. The summed E-state index contributed by atoms with van der Waals surface area (Å²) in [5.41, 5.74) is 1.97. The van der Waals surface area contributed by atoms with Gasteiger partial charge in [0.15, 0.2) is 0 Å². The number of methoxy groups -OCH3 is 1. The molecule has 3 heteroatoms. The lowest BCUT2D eigenvalue weighted by atomic mass is 9.96. The Morgan fingerprint density at radius 3 is 2.94 bits per heavy atom. The van der Waals surface area contributed by atoms with Crippen LogP contribution in [0.2, 0.25) is 0 Å². The number of ether oxygens (including phenoxy) is 2. The minimum Gasteiger partial charge on any atom is -0.487 e. The topological polar surface area (TPSA) is 35.5 Å². The number of carbonyl (C=O) groups excluding carboxylic acids is 1. The van der Waals surface area contributed by atoms with Gasteiger partial charge in [0.25, 0.3) is 0 Å². The highest BCUT2D eigenvalue weighted by Gasteiger charge is 2.31. The molecule has 2 rings (SSSR count). The molecule has 0 bridgehead atoms. The molecule has 16 heavy (non-hydrogen) atoms. The van der Waals surface area contributed by atoms with Gasteiger partial charge >= 0.3 is 5.97 Å². The van der Waals surface area contributed by atoms with Gasteiger partial charge in [0.05, 0.1) is 13.5 Å². The van der Waals surface area contributed by atoms with E-state index in [1.165, 1.54) is 7.11 Å². The maximum absolute atomic E-state index is 11.3. The van der Waals surface area contributed by atoms with Crippen molar-refractivity contribution in [3.63, 3.8) is 0 Å². The quantitative estimate of drug-likeness (QED) is 0.716. The third-order valence-electron chi connectivity index (χ3n) is 2.78. The van der Waals surface area contributed by atoms with Crippen molar-refractivity contribution < 1.29 is 14.3 Å². The Morgan fingerprint density at radius 2 is 2.25 bits per heavy atom. The van der Waals surface area contributed by atoms with Crippen LogP contribution in [0.4, 0.5) is 0 Å². The molecule has 0 N–H and O–H groups in total. The molecule has 1 aliphatic rings. The summed E-state index contributed by atoms with van der Waals surface area (Å²) in [5.74, 6) is 0.685. The number of hydrogen-bond acceptors (Lipinski definition) is 3. The molecule has 0 fully saturated rings. The molecule has 0 spiro atoms. The molecule has 0 radical (unpaired) electrons. The van der Waals surface area contributed by atoms with E-state index in [0.29, 0.717) is 6.42 Å². The average Bonchev–Trinajstić information content (AvgIpc) is 2.53. The fourth-order valence-electron chi connectivity index (χ4n) is 2.06. The molecule has 0 atom stereocenters. The Kier molecular flexibility index (Phi) is 2.62. The van der Waals surface area contributed by atoms with Crippen LogP contribution >= 0.6 is 0 Å². The van der Waals surface area contributed by atoms with E-state index in [-0.39, 0.29) is 11.6 Å².